The first-order valence-electron chi connectivity index (χ1n) is 8.34. The van der Waals surface area contributed by atoms with Crippen molar-refractivity contribution in [1.29, 1.82) is 0 Å². The molecule has 1 heterocycles. The molecule has 28 heavy (non-hydrogen) atoms. The van der Waals surface area contributed by atoms with Crippen molar-refractivity contribution in [3.63, 3.8) is 0 Å². The number of nitrogens with zero attached hydrogens (tertiary/aromatic N) is 3. The van der Waals surface area contributed by atoms with E-state index in [9.17, 15) is 13.2 Å². The maximum atomic E-state index is 12.2. The molecule has 0 atom stereocenters. The number of hydrazine groups is 1. The lowest BCUT2D eigenvalue weighted by atomic mass is 10.1. The zero-order valence-electron chi connectivity index (χ0n) is 15.3. The van der Waals surface area contributed by atoms with Gasteiger partial charge in [-0.15, -0.1) is 18.3 Å². The highest BCUT2D eigenvalue weighted by atomic mass is 19.4. The molecule has 0 unspecified atom stereocenters. The van der Waals surface area contributed by atoms with E-state index >= 15 is 0 Å². The van der Waals surface area contributed by atoms with Crippen LogP contribution in [0.3, 0.4) is 0 Å². The second-order valence-electron chi connectivity index (χ2n) is 6.11. The highest BCUT2D eigenvalue weighted by Crippen LogP contribution is 2.25. The van der Waals surface area contributed by atoms with Crippen LogP contribution >= 0.6 is 0 Å². The summed E-state index contributed by atoms with van der Waals surface area (Å²) < 4.78 is 47.8. The highest BCUT2D eigenvalue weighted by molar-refractivity contribution is 5.55. The van der Waals surface area contributed by atoms with Crippen LogP contribution in [0.2, 0.25) is 0 Å². The maximum absolute atomic E-state index is 12.2. The smallest absolute Gasteiger partial charge is 0.472 e. The number of benzene rings is 2. The van der Waals surface area contributed by atoms with Crippen molar-refractivity contribution in [2.24, 2.45) is 5.84 Å². The first-order valence-corrected chi connectivity index (χ1v) is 8.34. The Morgan fingerprint density at radius 1 is 1.11 bits per heavy atom. The number of aromatic nitrogens is 2. The van der Waals surface area contributed by atoms with Gasteiger partial charge in [0.25, 0.3) is 0 Å². The normalized spacial score (nSPS) is 11.4. The van der Waals surface area contributed by atoms with Gasteiger partial charge >= 0.3 is 6.36 Å². The molecule has 0 aliphatic rings. The number of halogens is 3. The topological polar surface area (TPSA) is 65.5 Å². The fourth-order valence-electron chi connectivity index (χ4n) is 2.68. The van der Waals surface area contributed by atoms with Crippen molar-refractivity contribution in [2.45, 2.75) is 19.9 Å². The molecule has 1 aromatic heterocycles. The Kier molecular flexibility index (Phi) is 5.46. The van der Waals surface area contributed by atoms with E-state index in [1.165, 1.54) is 34.0 Å². The van der Waals surface area contributed by atoms with Gasteiger partial charge in [-0.3, -0.25) is 0 Å². The standard InChI is InChI=1S/C19H19F3N4O2/c1-13-4-3-5-17(25(2)23)16(13)12-27-18-10-11-26(24-18)14-6-8-15(9-7-14)28-19(20,21)22/h3-11H,12,23H2,1-2H3. The summed E-state index contributed by atoms with van der Waals surface area (Å²) in [5, 5.41) is 5.81. The number of alkyl halides is 3. The van der Waals surface area contributed by atoms with E-state index in [1.54, 1.807) is 19.3 Å². The van der Waals surface area contributed by atoms with Crippen molar-refractivity contribution in [2.75, 3.05) is 12.1 Å². The molecule has 148 valence electrons. The van der Waals surface area contributed by atoms with Crippen molar-refractivity contribution < 1.29 is 22.6 Å². The monoisotopic (exact) mass is 392 g/mol. The molecule has 3 rings (SSSR count). The van der Waals surface area contributed by atoms with E-state index in [-0.39, 0.29) is 12.4 Å². The number of nitrogens with two attached hydrogens (primary N) is 1. The predicted molar refractivity (Wildman–Crippen MR) is 98.3 cm³/mol. The highest BCUT2D eigenvalue weighted by Gasteiger charge is 2.30. The van der Waals surface area contributed by atoms with E-state index in [2.05, 4.69) is 9.84 Å². The van der Waals surface area contributed by atoms with E-state index in [0.29, 0.717) is 11.6 Å². The summed E-state index contributed by atoms with van der Waals surface area (Å²) in [5.41, 5.74) is 3.40. The van der Waals surface area contributed by atoms with Crippen molar-refractivity contribution in [3.05, 3.63) is 65.9 Å². The Hall–Kier alpha value is -3.20. The van der Waals surface area contributed by atoms with Crippen LogP contribution in [-0.2, 0) is 6.61 Å². The number of anilines is 1. The van der Waals surface area contributed by atoms with E-state index in [4.69, 9.17) is 10.6 Å². The summed E-state index contributed by atoms with van der Waals surface area (Å²) in [6.45, 7) is 2.24. The van der Waals surface area contributed by atoms with Crippen LogP contribution in [0.4, 0.5) is 18.9 Å². The Morgan fingerprint density at radius 3 is 2.46 bits per heavy atom. The summed E-state index contributed by atoms with van der Waals surface area (Å²) in [7, 11) is 1.75. The predicted octanol–water partition coefficient (Wildman–Crippen LogP) is 3.97. The van der Waals surface area contributed by atoms with E-state index < -0.39 is 6.36 Å². The van der Waals surface area contributed by atoms with Gasteiger partial charge in [-0.25, -0.2) is 10.5 Å². The molecule has 3 aromatic rings. The Bertz CT molecular complexity index is 937. The van der Waals surface area contributed by atoms with E-state index in [1.807, 2.05) is 25.1 Å². The number of aryl methyl sites for hydroxylation is 1. The summed E-state index contributed by atoms with van der Waals surface area (Å²) in [5.74, 6) is 5.95. The average molecular weight is 392 g/mol. The molecule has 6 nitrogen and oxygen atoms in total. The van der Waals surface area contributed by atoms with Crippen LogP contribution in [0.1, 0.15) is 11.1 Å². The van der Waals surface area contributed by atoms with E-state index in [0.717, 1.165) is 16.8 Å². The van der Waals surface area contributed by atoms with Gasteiger partial charge in [-0.05, 0) is 42.8 Å². The summed E-state index contributed by atoms with van der Waals surface area (Å²) in [6, 6.07) is 12.8. The van der Waals surface area contributed by atoms with Crippen molar-refractivity contribution >= 4 is 5.69 Å². The number of hydrogen-bond acceptors (Lipinski definition) is 5. The molecule has 0 aliphatic carbocycles. The third-order valence-corrected chi connectivity index (χ3v) is 4.03. The second kappa shape index (κ2) is 7.81. The van der Waals surface area contributed by atoms with Crippen LogP contribution < -0.4 is 20.3 Å². The molecule has 2 N–H and O–H groups in total. The molecule has 0 saturated carbocycles. The number of rotatable bonds is 6. The van der Waals surface area contributed by atoms with Crippen LogP contribution in [0, 0.1) is 6.92 Å². The summed E-state index contributed by atoms with van der Waals surface area (Å²) in [6.07, 6.45) is -3.07. The molecule has 2 aromatic carbocycles. The Morgan fingerprint density at radius 2 is 1.82 bits per heavy atom. The number of ether oxygens (including phenoxy) is 2. The number of hydrogen-bond donors (Lipinski definition) is 1. The van der Waals surface area contributed by atoms with Gasteiger partial charge in [0, 0.05) is 24.9 Å². The van der Waals surface area contributed by atoms with Crippen LogP contribution in [-0.4, -0.2) is 23.2 Å². The van der Waals surface area contributed by atoms with Gasteiger partial charge in [0.1, 0.15) is 12.4 Å². The minimum absolute atomic E-state index is 0.277. The third-order valence-electron chi connectivity index (χ3n) is 4.03. The minimum Gasteiger partial charge on any atom is -0.472 e. The van der Waals surface area contributed by atoms with Crippen molar-refractivity contribution in [3.8, 4) is 17.3 Å². The molecular weight excluding hydrogens is 373 g/mol. The molecule has 0 fully saturated rings. The lowest BCUT2D eigenvalue weighted by molar-refractivity contribution is -0.274. The first-order chi connectivity index (χ1) is 13.2. The molecule has 0 saturated heterocycles. The van der Waals surface area contributed by atoms with Gasteiger partial charge in [0.05, 0.1) is 11.4 Å². The van der Waals surface area contributed by atoms with Gasteiger partial charge in [-0.2, -0.15) is 0 Å². The largest absolute Gasteiger partial charge is 0.573 e. The van der Waals surface area contributed by atoms with Crippen LogP contribution in [0.5, 0.6) is 11.6 Å². The minimum atomic E-state index is -4.72. The zero-order chi connectivity index (χ0) is 20.3. The molecule has 0 bridgehead atoms. The molecule has 0 spiro atoms. The fourth-order valence-corrected chi connectivity index (χ4v) is 2.68. The average Bonchev–Trinajstić information content (AvgIpc) is 3.08. The molecule has 0 amide bonds. The van der Waals surface area contributed by atoms with Gasteiger partial charge in [0.15, 0.2) is 0 Å². The SMILES string of the molecule is Cc1cccc(N(C)N)c1COc1ccn(-c2ccc(OC(F)(F)F)cc2)n1. The van der Waals surface area contributed by atoms with Crippen molar-refractivity contribution in [1.82, 2.24) is 9.78 Å². The Balaban J connectivity index is 1.70. The van der Waals surface area contributed by atoms with Crippen LogP contribution in [0.25, 0.3) is 5.69 Å². The van der Waals surface area contributed by atoms with Crippen LogP contribution in [0.15, 0.2) is 54.7 Å². The lowest BCUT2D eigenvalue weighted by Crippen LogP contribution is -2.26. The quantitative estimate of drug-likeness (QED) is 0.508. The first kappa shape index (κ1) is 19.6. The van der Waals surface area contributed by atoms with Gasteiger partial charge < -0.3 is 14.5 Å². The maximum Gasteiger partial charge on any atom is 0.573 e. The second-order valence-corrected chi connectivity index (χ2v) is 6.11. The Labute approximate surface area is 159 Å². The molecule has 9 heteroatoms. The molecule has 0 aliphatic heterocycles. The third kappa shape index (κ3) is 4.74. The molecule has 0 radical (unpaired) electrons. The summed E-state index contributed by atoms with van der Waals surface area (Å²) in [4.78, 5) is 0. The van der Waals surface area contributed by atoms with Gasteiger partial charge in [-0.1, -0.05) is 12.1 Å². The van der Waals surface area contributed by atoms with Gasteiger partial charge in [0.2, 0.25) is 5.88 Å². The zero-order valence-corrected chi connectivity index (χ0v) is 15.3. The lowest BCUT2D eigenvalue weighted by Gasteiger charge is -2.18. The summed E-state index contributed by atoms with van der Waals surface area (Å²) >= 11 is 0. The fraction of sp³-hybridized carbons (Fsp3) is 0.211. The molecular formula is C19H19F3N4O2.